The van der Waals surface area contributed by atoms with E-state index in [0.29, 0.717) is 0 Å². The Morgan fingerprint density at radius 1 is 1.05 bits per heavy atom. The van der Waals surface area contributed by atoms with Crippen molar-refractivity contribution in [3.8, 4) is 0 Å². The normalized spacial score (nSPS) is 17.5. The van der Waals surface area contributed by atoms with Crippen molar-refractivity contribution in [1.29, 1.82) is 0 Å². The molecule has 116 valence electrons. The van der Waals surface area contributed by atoms with Gasteiger partial charge in [-0.15, -0.1) is 12.4 Å². The van der Waals surface area contributed by atoms with Crippen LogP contribution >= 0.6 is 12.4 Å². The van der Waals surface area contributed by atoms with E-state index in [4.69, 9.17) is 4.74 Å². The molecule has 1 saturated heterocycles. The second kappa shape index (κ2) is 7.43. The molecule has 0 saturated carbocycles. The zero-order chi connectivity index (χ0) is 14.7. The second-order valence-electron chi connectivity index (χ2n) is 5.29. The number of rotatable bonds is 4. The number of nitrogens with zero attached hydrogens (tertiary/aromatic N) is 1. The van der Waals surface area contributed by atoms with Gasteiger partial charge in [0.15, 0.2) is 0 Å². The summed E-state index contributed by atoms with van der Waals surface area (Å²) in [6.45, 7) is 0.911. The fraction of sp³-hybridized carbons (Fsp3) is 0.278. The van der Waals surface area contributed by atoms with Gasteiger partial charge in [-0.25, -0.2) is 0 Å². The molecule has 1 fully saturated rings. The van der Waals surface area contributed by atoms with Crippen molar-refractivity contribution < 1.29 is 9.53 Å². The predicted molar refractivity (Wildman–Crippen MR) is 89.1 cm³/mol. The summed E-state index contributed by atoms with van der Waals surface area (Å²) in [5, 5.41) is 0. The third kappa shape index (κ3) is 3.16. The molecular formula is C18H20ClNO2. The van der Waals surface area contributed by atoms with Gasteiger partial charge >= 0.3 is 5.97 Å². The maximum absolute atomic E-state index is 11.9. The largest absolute Gasteiger partial charge is 0.468 e. The molecule has 0 amide bonds. The maximum atomic E-state index is 11.9. The Morgan fingerprint density at radius 2 is 1.55 bits per heavy atom. The van der Waals surface area contributed by atoms with Crippen LogP contribution in [0.2, 0.25) is 0 Å². The number of hydrogen-bond acceptors (Lipinski definition) is 3. The average molecular weight is 318 g/mol. The molecular weight excluding hydrogens is 298 g/mol. The smallest absolute Gasteiger partial charge is 0.323 e. The molecule has 1 aliphatic heterocycles. The van der Waals surface area contributed by atoms with Gasteiger partial charge in [0, 0.05) is 6.54 Å². The summed E-state index contributed by atoms with van der Waals surface area (Å²) in [5.41, 5.74) is 2.41. The Balaban J connectivity index is 0.00000176. The summed E-state index contributed by atoms with van der Waals surface area (Å²) in [6.07, 6.45) is 0.864. The van der Waals surface area contributed by atoms with Gasteiger partial charge < -0.3 is 4.74 Å². The number of carbonyl (C=O) groups excluding carboxylic acids is 1. The molecule has 1 unspecified atom stereocenters. The van der Waals surface area contributed by atoms with E-state index >= 15 is 0 Å². The van der Waals surface area contributed by atoms with E-state index in [9.17, 15) is 4.79 Å². The molecule has 0 N–H and O–H groups in total. The zero-order valence-electron chi connectivity index (χ0n) is 12.5. The van der Waals surface area contributed by atoms with Crippen LogP contribution in [0.4, 0.5) is 0 Å². The van der Waals surface area contributed by atoms with Crippen molar-refractivity contribution >= 4 is 18.4 Å². The van der Waals surface area contributed by atoms with Gasteiger partial charge in [-0.3, -0.25) is 9.69 Å². The molecule has 1 atom stereocenters. The zero-order valence-corrected chi connectivity index (χ0v) is 13.3. The number of benzene rings is 2. The number of methoxy groups -OCH3 is 1. The van der Waals surface area contributed by atoms with Crippen LogP contribution in [0.15, 0.2) is 60.7 Å². The van der Waals surface area contributed by atoms with Crippen LogP contribution < -0.4 is 0 Å². The minimum Gasteiger partial charge on any atom is -0.468 e. The van der Waals surface area contributed by atoms with E-state index in [1.54, 1.807) is 0 Å². The number of esters is 1. The first kappa shape index (κ1) is 16.5. The van der Waals surface area contributed by atoms with Gasteiger partial charge in [-0.1, -0.05) is 60.7 Å². The first-order valence-electron chi connectivity index (χ1n) is 7.24. The lowest BCUT2D eigenvalue weighted by Crippen LogP contribution is -2.54. The Hall–Kier alpha value is -1.84. The number of hydrogen-bond donors (Lipinski definition) is 0. The average Bonchev–Trinajstić information content (AvgIpc) is 2.52. The summed E-state index contributed by atoms with van der Waals surface area (Å²) in [7, 11) is 1.46. The highest BCUT2D eigenvalue weighted by Crippen LogP contribution is 2.35. The molecule has 22 heavy (non-hydrogen) atoms. The lowest BCUT2D eigenvalue weighted by Gasteiger charge is -2.44. The van der Waals surface area contributed by atoms with E-state index in [1.807, 2.05) is 36.4 Å². The number of halogens is 1. The van der Waals surface area contributed by atoms with E-state index in [1.165, 1.54) is 18.2 Å². The molecule has 3 nitrogen and oxygen atoms in total. The van der Waals surface area contributed by atoms with E-state index < -0.39 is 0 Å². The van der Waals surface area contributed by atoms with Gasteiger partial charge in [-0.05, 0) is 17.5 Å². The minimum atomic E-state index is -0.141. The summed E-state index contributed by atoms with van der Waals surface area (Å²) in [5.74, 6) is -0.141. The van der Waals surface area contributed by atoms with Crippen LogP contribution in [-0.4, -0.2) is 30.6 Å². The third-order valence-corrected chi connectivity index (χ3v) is 4.10. The summed E-state index contributed by atoms with van der Waals surface area (Å²) < 4.78 is 4.93. The highest BCUT2D eigenvalue weighted by atomic mass is 35.5. The quantitative estimate of drug-likeness (QED) is 0.809. The summed E-state index contributed by atoms with van der Waals surface area (Å²) in [6, 6.07) is 20.6. The topological polar surface area (TPSA) is 29.5 Å². The van der Waals surface area contributed by atoms with Crippen molar-refractivity contribution in [1.82, 2.24) is 4.90 Å². The number of likely N-dealkylation sites (tertiary alicyclic amines) is 1. The Bertz CT molecular complexity index is 563. The molecule has 2 aromatic carbocycles. The first-order valence-corrected chi connectivity index (χ1v) is 7.24. The lowest BCUT2D eigenvalue weighted by molar-refractivity contribution is -0.153. The molecule has 0 spiro atoms. The molecule has 4 heteroatoms. The fourth-order valence-electron chi connectivity index (χ4n) is 2.95. The highest BCUT2D eigenvalue weighted by Gasteiger charge is 2.40. The van der Waals surface area contributed by atoms with Crippen molar-refractivity contribution in [2.24, 2.45) is 0 Å². The van der Waals surface area contributed by atoms with Gasteiger partial charge in [-0.2, -0.15) is 0 Å². The summed E-state index contributed by atoms with van der Waals surface area (Å²) >= 11 is 0. The highest BCUT2D eigenvalue weighted by molar-refractivity contribution is 5.85. The maximum Gasteiger partial charge on any atom is 0.323 e. The molecule has 0 aromatic heterocycles. The molecule has 1 heterocycles. The number of carbonyl (C=O) groups is 1. The molecule has 0 bridgehead atoms. The molecule has 1 aliphatic rings. The molecule has 0 radical (unpaired) electrons. The Kier molecular flexibility index (Phi) is 5.58. The predicted octanol–water partition coefficient (Wildman–Crippen LogP) is 3.45. The Labute approximate surface area is 137 Å². The molecule has 0 aliphatic carbocycles. The van der Waals surface area contributed by atoms with Gasteiger partial charge in [0.2, 0.25) is 0 Å². The first-order chi connectivity index (χ1) is 10.3. The van der Waals surface area contributed by atoms with Crippen molar-refractivity contribution in [3.63, 3.8) is 0 Å². The Morgan fingerprint density at radius 3 is 1.91 bits per heavy atom. The van der Waals surface area contributed by atoms with Crippen LogP contribution in [0.25, 0.3) is 0 Å². The van der Waals surface area contributed by atoms with E-state index in [0.717, 1.165) is 13.0 Å². The monoisotopic (exact) mass is 317 g/mol. The van der Waals surface area contributed by atoms with Crippen molar-refractivity contribution in [2.75, 3.05) is 13.7 Å². The van der Waals surface area contributed by atoms with Crippen LogP contribution in [-0.2, 0) is 9.53 Å². The van der Waals surface area contributed by atoms with Gasteiger partial charge in [0.25, 0.3) is 0 Å². The van der Waals surface area contributed by atoms with Gasteiger partial charge in [0.1, 0.15) is 6.04 Å². The van der Waals surface area contributed by atoms with Crippen molar-refractivity contribution in [3.05, 3.63) is 71.8 Å². The van der Waals surface area contributed by atoms with Crippen LogP contribution in [0.5, 0.6) is 0 Å². The SMILES string of the molecule is COC(=O)C1CCN1C(c1ccccc1)c1ccccc1.Cl. The lowest BCUT2D eigenvalue weighted by atomic mass is 9.90. The van der Waals surface area contributed by atoms with E-state index in [-0.39, 0.29) is 30.5 Å². The van der Waals surface area contributed by atoms with Crippen molar-refractivity contribution in [2.45, 2.75) is 18.5 Å². The third-order valence-electron chi connectivity index (χ3n) is 4.10. The minimum absolute atomic E-state index is 0. The van der Waals surface area contributed by atoms with E-state index in [2.05, 4.69) is 29.2 Å². The summed E-state index contributed by atoms with van der Waals surface area (Å²) in [4.78, 5) is 14.1. The van der Waals surface area contributed by atoms with Crippen LogP contribution in [0.1, 0.15) is 23.6 Å². The fourth-order valence-corrected chi connectivity index (χ4v) is 2.95. The molecule has 3 rings (SSSR count). The number of ether oxygens (including phenoxy) is 1. The van der Waals surface area contributed by atoms with Gasteiger partial charge in [0.05, 0.1) is 13.2 Å². The standard InChI is InChI=1S/C18H19NO2.ClH/c1-21-18(20)16-12-13-19(16)17(14-8-4-2-5-9-14)15-10-6-3-7-11-15;/h2-11,16-17H,12-13H2,1H3;1H. The second-order valence-corrected chi connectivity index (χ2v) is 5.29. The van der Waals surface area contributed by atoms with Crippen LogP contribution in [0, 0.1) is 0 Å². The van der Waals surface area contributed by atoms with Crippen LogP contribution in [0.3, 0.4) is 0 Å². The molecule has 2 aromatic rings.